The first-order valence-corrected chi connectivity index (χ1v) is 7.19. The van der Waals surface area contributed by atoms with Gasteiger partial charge in [0.1, 0.15) is 5.82 Å². The maximum Gasteiger partial charge on any atom is 0.281 e. The average molecular weight is 294 g/mol. The van der Waals surface area contributed by atoms with Crippen LogP contribution in [0, 0.1) is 17.1 Å². The van der Waals surface area contributed by atoms with Crippen LogP contribution in [0.25, 0.3) is 0 Å². The van der Waals surface area contributed by atoms with Gasteiger partial charge >= 0.3 is 0 Å². The minimum atomic E-state index is -3.95. The van der Waals surface area contributed by atoms with Crippen molar-refractivity contribution in [3.63, 3.8) is 0 Å². The third-order valence-corrected chi connectivity index (χ3v) is 3.84. The number of benzene rings is 1. The Morgan fingerprint density at radius 1 is 1.50 bits per heavy atom. The van der Waals surface area contributed by atoms with Crippen LogP contribution < -0.4 is 4.72 Å². The lowest BCUT2D eigenvalue weighted by atomic mass is 10.2. The molecule has 20 heavy (non-hydrogen) atoms. The number of hydrogen-bond donors (Lipinski definition) is 1. The summed E-state index contributed by atoms with van der Waals surface area (Å²) in [5.74, 6) is -0.817. The second-order valence-electron chi connectivity index (χ2n) is 3.95. The Kier molecular flexibility index (Phi) is 3.72. The molecule has 1 heterocycles. The van der Waals surface area contributed by atoms with Gasteiger partial charge in [-0.3, -0.25) is 4.72 Å². The lowest BCUT2D eigenvalue weighted by Crippen LogP contribution is -2.14. The topological polar surface area (TPSA) is 87.8 Å². The van der Waals surface area contributed by atoms with Gasteiger partial charge in [-0.2, -0.15) is 13.7 Å². The van der Waals surface area contributed by atoms with Crippen molar-refractivity contribution in [2.24, 2.45) is 0 Å². The standard InChI is InChI=1S/C12H11FN4O2S/c1-2-17-7-12(15-8-17)20(18,19)16-11-4-3-9(6-14)5-10(11)13/h3-5,7-8,16H,2H2,1H3. The van der Waals surface area contributed by atoms with Crippen molar-refractivity contribution in [2.45, 2.75) is 18.5 Å². The largest absolute Gasteiger partial charge is 0.336 e. The molecule has 104 valence electrons. The highest BCUT2D eigenvalue weighted by molar-refractivity contribution is 7.92. The maximum absolute atomic E-state index is 13.7. The predicted octanol–water partition coefficient (Wildman–Crippen LogP) is 1.71. The summed E-state index contributed by atoms with van der Waals surface area (Å²) in [7, 11) is -3.95. The third kappa shape index (κ3) is 2.78. The first kappa shape index (κ1) is 14.0. The fourth-order valence-corrected chi connectivity index (χ4v) is 2.54. The molecule has 0 unspecified atom stereocenters. The van der Waals surface area contributed by atoms with Crippen molar-refractivity contribution in [3.8, 4) is 6.07 Å². The summed E-state index contributed by atoms with van der Waals surface area (Å²) in [5, 5.41) is 8.43. The van der Waals surface area contributed by atoms with Crippen LogP contribution in [0.3, 0.4) is 0 Å². The number of nitriles is 1. The highest BCUT2D eigenvalue weighted by atomic mass is 32.2. The highest BCUT2D eigenvalue weighted by Crippen LogP contribution is 2.19. The molecule has 0 atom stereocenters. The van der Waals surface area contributed by atoms with Crippen molar-refractivity contribution in [1.82, 2.24) is 9.55 Å². The fraction of sp³-hybridized carbons (Fsp3) is 0.167. The van der Waals surface area contributed by atoms with E-state index in [2.05, 4.69) is 9.71 Å². The quantitative estimate of drug-likeness (QED) is 0.930. The summed E-state index contributed by atoms with van der Waals surface area (Å²) in [4.78, 5) is 3.76. The molecule has 0 spiro atoms. The lowest BCUT2D eigenvalue weighted by molar-refractivity contribution is 0.595. The monoisotopic (exact) mass is 294 g/mol. The zero-order valence-electron chi connectivity index (χ0n) is 10.5. The van der Waals surface area contributed by atoms with E-state index >= 15 is 0 Å². The fourth-order valence-electron chi connectivity index (χ4n) is 1.52. The predicted molar refractivity (Wildman–Crippen MR) is 69.8 cm³/mol. The molecule has 8 heteroatoms. The van der Waals surface area contributed by atoms with Gasteiger partial charge in [-0.25, -0.2) is 9.37 Å². The second kappa shape index (κ2) is 5.30. The number of imidazole rings is 1. The molecule has 0 saturated heterocycles. The first-order valence-electron chi connectivity index (χ1n) is 5.70. The van der Waals surface area contributed by atoms with E-state index < -0.39 is 15.8 Å². The molecule has 0 fully saturated rings. The van der Waals surface area contributed by atoms with Crippen LogP contribution in [0.15, 0.2) is 35.7 Å². The molecule has 1 N–H and O–H groups in total. The van der Waals surface area contributed by atoms with Crippen LogP contribution in [0.4, 0.5) is 10.1 Å². The van der Waals surface area contributed by atoms with Crippen molar-refractivity contribution in [1.29, 1.82) is 5.26 Å². The van der Waals surface area contributed by atoms with E-state index in [1.165, 1.54) is 24.7 Å². The van der Waals surface area contributed by atoms with E-state index in [1.807, 2.05) is 6.92 Å². The van der Waals surface area contributed by atoms with Crippen LogP contribution in [-0.4, -0.2) is 18.0 Å². The summed E-state index contributed by atoms with van der Waals surface area (Å²) in [6.45, 7) is 2.42. The molecule has 0 aliphatic rings. The Morgan fingerprint density at radius 3 is 2.80 bits per heavy atom. The van der Waals surface area contributed by atoms with Crippen molar-refractivity contribution >= 4 is 15.7 Å². The van der Waals surface area contributed by atoms with E-state index in [1.54, 1.807) is 10.6 Å². The van der Waals surface area contributed by atoms with E-state index in [4.69, 9.17) is 5.26 Å². The normalized spacial score (nSPS) is 11.1. The number of aromatic nitrogens is 2. The van der Waals surface area contributed by atoms with Crippen LogP contribution in [0.1, 0.15) is 12.5 Å². The Morgan fingerprint density at radius 2 is 2.25 bits per heavy atom. The van der Waals surface area contributed by atoms with Crippen molar-refractivity contribution in [3.05, 3.63) is 42.1 Å². The van der Waals surface area contributed by atoms with Gasteiger partial charge in [0.05, 0.1) is 23.6 Å². The van der Waals surface area contributed by atoms with Gasteiger partial charge in [0, 0.05) is 12.7 Å². The van der Waals surface area contributed by atoms with E-state index in [0.717, 1.165) is 6.07 Å². The molecule has 0 bridgehead atoms. The Balaban J connectivity index is 2.31. The molecular weight excluding hydrogens is 283 g/mol. The van der Waals surface area contributed by atoms with E-state index in [-0.39, 0.29) is 16.3 Å². The van der Waals surface area contributed by atoms with Gasteiger partial charge in [0.2, 0.25) is 0 Å². The molecule has 0 radical (unpaired) electrons. The summed E-state index contributed by atoms with van der Waals surface area (Å²) < 4.78 is 41.4. The number of hydrogen-bond acceptors (Lipinski definition) is 4. The van der Waals surface area contributed by atoms with Gasteiger partial charge in [0.25, 0.3) is 10.0 Å². The molecule has 0 aliphatic heterocycles. The van der Waals surface area contributed by atoms with Gasteiger partial charge in [-0.15, -0.1) is 0 Å². The van der Waals surface area contributed by atoms with E-state index in [0.29, 0.717) is 6.54 Å². The SMILES string of the molecule is CCn1cnc(S(=O)(=O)Nc2ccc(C#N)cc2F)c1. The van der Waals surface area contributed by atoms with Gasteiger partial charge < -0.3 is 4.57 Å². The number of anilines is 1. The first-order chi connectivity index (χ1) is 9.46. The smallest absolute Gasteiger partial charge is 0.281 e. The minimum absolute atomic E-state index is 0.112. The molecule has 0 saturated carbocycles. The number of sulfonamides is 1. The zero-order chi connectivity index (χ0) is 14.8. The van der Waals surface area contributed by atoms with Gasteiger partial charge in [0.15, 0.2) is 5.03 Å². The summed E-state index contributed by atoms with van der Waals surface area (Å²) in [5.41, 5.74) is -0.115. The summed E-state index contributed by atoms with van der Waals surface area (Å²) in [6.07, 6.45) is 2.73. The van der Waals surface area contributed by atoms with Crippen molar-refractivity contribution in [2.75, 3.05) is 4.72 Å². The minimum Gasteiger partial charge on any atom is -0.336 e. The molecular formula is C12H11FN4O2S. The van der Waals surface area contributed by atoms with Gasteiger partial charge in [-0.05, 0) is 25.1 Å². The molecule has 1 aromatic heterocycles. The number of nitrogens with zero attached hydrogens (tertiary/aromatic N) is 3. The zero-order valence-corrected chi connectivity index (χ0v) is 11.4. The van der Waals surface area contributed by atoms with Gasteiger partial charge in [-0.1, -0.05) is 0 Å². The molecule has 2 rings (SSSR count). The maximum atomic E-state index is 13.7. The Labute approximate surface area is 115 Å². The summed E-state index contributed by atoms with van der Waals surface area (Å²) >= 11 is 0. The highest BCUT2D eigenvalue weighted by Gasteiger charge is 2.19. The molecule has 0 amide bonds. The number of rotatable bonds is 4. The van der Waals surface area contributed by atoms with E-state index in [9.17, 15) is 12.8 Å². The average Bonchev–Trinajstić information content (AvgIpc) is 2.90. The van der Waals surface area contributed by atoms with Crippen molar-refractivity contribution < 1.29 is 12.8 Å². The number of halogens is 1. The Bertz CT molecular complexity index is 777. The second-order valence-corrected chi connectivity index (χ2v) is 5.58. The molecule has 1 aromatic carbocycles. The van der Waals surface area contributed by atoms with Crippen LogP contribution >= 0.6 is 0 Å². The number of aryl methyl sites for hydroxylation is 1. The molecule has 6 nitrogen and oxygen atoms in total. The summed E-state index contributed by atoms with van der Waals surface area (Å²) in [6, 6.07) is 5.25. The van der Waals surface area contributed by atoms with Crippen LogP contribution in [0.2, 0.25) is 0 Å². The number of nitrogens with one attached hydrogen (secondary N) is 1. The third-order valence-electron chi connectivity index (χ3n) is 2.59. The van der Waals surface area contributed by atoms with Crippen LogP contribution in [-0.2, 0) is 16.6 Å². The molecule has 0 aliphatic carbocycles. The Hall–Kier alpha value is -2.40. The van der Waals surface area contributed by atoms with Crippen LogP contribution in [0.5, 0.6) is 0 Å². The molecule has 2 aromatic rings. The lowest BCUT2D eigenvalue weighted by Gasteiger charge is -2.06.